The maximum absolute atomic E-state index is 6.01. The maximum atomic E-state index is 6.01. The van der Waals surface area contributed by atoms with Crippen molar-refractivity contribution in [3.63, 3.8) is 0 Å². The van der Waals surface area contributed by atoms with Gasteiger partial charge in [-0.1, -0.05) is 35.9 Å². The van der Waals surface area contributed by atoms with Gasteiger partial charge in [0.2, 0.25) is 0 Å². The molecule has 3 aromatic rings. The van der Waals surface area contributed by atoms with Gasteiger partial charge in [-0.3, -0.25) is 0 Å². The van der Waals surface area contributed by atoms with Gasteiger partial charge < -0.3 is 9.73 Å². The molecule has 0 radical (unpaired) electrons. The van der Waals surface area contributed by atoms with E-state index in [9.17, 15) is 0 Å². The highest BCUT2D eigenvalue weighted by Gasteiger charge is 2.19. The molecule has 1 N–H and O–H groups in total. The Bertz CT molecular complexity index is 772. The van der Waals surface area contributed by atoms with Crippen LogP contribution in [0, 0.1) is 0 Å². The fraction of sp³-hybridized carbons (Fsp3) is 0.222. The molecule has 1 heterocycles. The van der Waals surface area contributed by atoms with Gasteiger partial charge in [-0.2, -0.15) is 0 Å². The second-order valence-electron chi connectivity index (χ2n) is 5.64. The first-order chi connectivity index (χ1) is 10.3. The summed E-state index contributed by atoms with van der Waals surface area (Å²) in [7, 11) is 0. The van der Waals surface area contributed by atoms with Gasteiger partial charge in [-0.25, -0.2) is 0 Å². The number of hydrogen-bond donors (Lipinski definition) is 1. The number of rotatable bonds is 4. The molecular weight excluding hydrogens is 282 g/mol. The molecule has 2 aromatic carbocycles. The highest BCUT2D eigenvalue weighted by Crippen LogP contribution is 2.29. The van der Waals surface area contributed by atoms with Crippen LogP contribution in [-0.2, 0) is 6.54 Å². The molecule has 21 heavy (non-hydrogen) atoms. The van der Waals surface area contributed by atoms with Crippen molar-refractivity contribution >= 4 is 22.6 Å². The van der Waals surface area contributed by atoms with Crippen LogP contribution in [-0.4, -0.2) is 6.04 Å². The second-order valence-corrected chi connectivity index (χ2v) is 6.08. The molecular formula is C18H16ClNO. The van der Waals surface area contributed by atoms with Gasteiger partial charge >= 0.3 is 0 Å². The number of benzene rings is 2. The van der Waals surface area contributed by atoms with Crippen molar-refractivity contribution in [3.8, 4) is 11.3 Å². The van der Waals surface area contributed by atoms with Gasteiger partial charge in [-0.15, -0.1) is 0 Å². The van der Waals surface area contributed by atoms with Gasteiger partial charge in [0.25, 0.3) is 0 Å². The fourth-order valence-corrected chi connectivity index (χ4v) is 2.67. The summed E-state index contributed by atoms with van der Waals surface area (Å²) in [4.78, 5) is 0. The van der Waals surface area contributed by atoms with Crippen LogP contribution >= 0.6 is 11.6 Å². The summed E-state index contributed by atoms with van der Waals surface area (Å²) in [6.45, 7) is 0.945. The van der Waals surface area contributed by atoms with Crippen LogP contribution in [0.2, 0.25) is 5.02 Å². The van der Waals surface area contributed by atoms with E-state index in [1.165, 1.54) is 18.4 Å². The van der Waals surface area contributed by atoms with Gasteiger partial charge in [0.15, 0.2) is 0 Å². The van der Waals surface area contributed by atoms with Crippen LogP contribution in [0.1, 0.15) is 18.4 Å². The van der Waals surface area contributed by atoms with E-state index in [0.29, 0.717) is 0 Å². The third kappa shape index (κ3) is 2.82. The molecule has 0 unspecified atom stereocenters. The normalized spacial score (nSPS) is 14.7. The number of fused-ring (bicyclic) bond motifs is 1. The molecule has 1 aromatic heterocycles. The van der Waals surface area contributed by atoms with Crippen LogP contribution in [0.15, 0.2) is 52.9 Å². The lowest BCUT2D eigenvalue weighted by Crippen LogP contribution is -2.14. The summed E-state index contributed by atoms with van der Waals surface area (Å²) in [6.07, 6.45) is 2.64. The standard InChI is InChI=1S/C18H16ClNO/c19-15-5-8-17-14(9-15)10-18(21-17)13-3-1-12(2-4-13)11-20-16-6-7-16/h1-5,8-10,16,20H,6-7,11H2. The minimum absolute atomic E-state index is 0.733. The number of nitrogens with one attached hydrogen (secondary N) is 1. The van der Waals surface area contributed by atoms with Crippen molar-refractivity contribution in [2.75, 3.05) is 0 Å². The van der Waals surface area contributed by atoms with Gasteiger partial charge in [0.1, 0.15) is 11.3 Å². The highest BCUT2D eigenvalue weighted by atomic mass is 35.5. The lowest BCUT2D eigenvalue weighted by molar-refractivity contribution is 0.631. The Labute approximate surface area is 128 Å². The van der Waals surface area contributed by atoms with Crippen LogP contribution in [0.5, 0.6) is 0 Å². The lowest BCUT2D eigenvalue weighted by Gasteiger charge is -2.03. The fourth-order valence-electron chi connectivity index (χ4n) is 2.49. The highest BCUT2D eigenvalue weighted by molar-refractivity contribution is 6.31. The molecule has 1 aliphatic rings. The molecule has 1 fully saturated rings. The van der Waals surface area contributed by atoms with Gasteiger partial charge in [0, 0.05) is 28.6 Å². The van der Waals surface area contributed by atoms with E-state index in [2.05, 4.69) is 29.6 Å². The van der Waals surface area contributed by atoms with E-state index >= 15 is 0 Å². The topological polar surface area (TPSA) is 25.2 Å². The molecule has 0 saturated heterocycles. The Morgan fingerprint density at radius 1 is 1.05 bits per heavy atom. The minimum Gasteiger partial charge on any atom is -0.456 e. The van der Waals surface area contributed by atoms with Gasteiger partial charge in [-0.05, 0) is 42.7 Å². The molecule has 0 atom stereocenters. The molecule has 0 amide bonds. The third-order valence-electron chi connectivity index (χ3n) is 3.89. The smallest absolute Gasteiger partial charge is 0.135 e. The Morgan fingerprint density at radius 2 is 1.86 bits per heavy atom. The van der Waals surface area contributed by atoms with E-state index in [-0.39, 0.29) is 0 Å². The van der Waals surface area contributed by atoms with E-state index in [0.717, 1.165) is 39.9 Å². The first-order valence-electron chi connectivity index (χ1n) is 7.30. The summed E-state index contributed by atoms with van der Waals surface area (Å²) in [5, 5.41) is 5.29. The molecule has 1 aliphatic carbocycles. The zero-order chi connectivity index (χ0) is 14.2. The Hall–Kier alpha value is -1.77. The number of hydrogen-bond acceptors (Lipinski definition) is 2. The zero-order valence-electron chi connectivity index (χ0n) is 11.6. The molecule has 3 heteroatoms. The molecule has 0 spiro atoms. The van der Waals surface area contributed by atoms with E-state index < -0.39 is 0 Å². The van der Waals surface area contributed by atoms with Crippen molar-refractivity contribution in [3.05, 3.63) is 59.1 Å². The summed E-state index contributed by atoms with van der Waals surface area (Å²) < 4.78 is 5.88. The Morgan fingerprint density at radius 3 is 2.62 bits per heavy atom. The third-order valence-corrected chi connectivity index (χ3v) is 4.12. The monoisotopic (exact) mass is 297 g/mol. The molecule has 1 saturated carbocycles. The average molecular weight is 298 g/mol. The summed E-state index contributed by atoms with van der Waals surface area (Å²) >= 11 is 6.01. The van der Waals surface area contributed by atoms with Crippen molar-refractivity contribution in [1.29, 1.82) is 0 Å². The largest absolute Gasteiger partial charge is 0.456 e. The molecule has 106 valence electrons. The van der Waals surface area contributed by atoms with Crippen LogP contribution in [0.3, 0.4) is 0 Å². The van der Waals surface area contributed by atoms with E-state index in [1.807, 2.05) is 24.3 Å². The second kappa shape index (κ2) is 5.21. The predicted octanol–water partition coefficient (Wildman–Crippen LogP) is 5.01. The van der Waals surface area contributed by atoms with Crippen molar-refractivity contribution in [1.82, 2.24) is 5.32 Å². The summed E-state index contributed by atoms with van der Waals surface area (Å²) in [5.41, 5.74) is 3.27. The van der Waals surface area contributed by atoms with E-state index in [1.54, 1.807) is 0 Å². The molecule has 4 rings (SSSR count). The predicted molar refractivity (Wildman–Crippen MR) is 86.5 cm³/mol. The number of furan rings is 1. The van der Waals surface area contributed by atoms with Gasteiger partial charge in [0.05, 0.1) is 0 Å². The molecule has 2 nitrogen and oxygen atoms in total. The first kappa shape index (κ1) is 12.9. The van der Waals surface area contributed by atoms with Crippen molar-refractivity contribution < 1.29 is 4.42 Å². The molecule has 0 bridgehead atoms. The summed E-state index contributed by atoms with van der Waals surface area (Å²) in [5.74, 6) is 0.883. The number of halogens is 1. The zero-order valence-corrected chi connectivity index (χ0v) is 12.4. The Kier molecular flexibility index (Phi) is 3.21. The van der Waals surface area contributed by atoms with Crippen LogP contribution in [0.25, 0.3) is 22.3 Å². The minimum atomic E-state index is 0.733. The van der Waals surface area contributed by atoms with Crippen LogP contribution in [0.4, 0.5) is 0 Å². The maximum Gasteiger partial charge on any atom is 0.135 e. The summed E-state index contributed by atoms with van der Waals surface area (Å²) in [6, 6.07) is 17.0. The van der Waals surface area contributed by atoms with Crippen molar-refractivity contribution in [2.24, 2.45) is 0 Å². The van der Waals surface area contributed by atoms with E-state index in [4.69, 9.17) is 16.0 Å². The Balaban J connectivity index is 1.58. The lowest BCUT2D eigenvalue weighted by atomic mass is 10.1. The quantitative estimate of drug-likeness (QED) is 0.732. The average Bonchev–Trinajstić information content (AvgIpc) is 3.24. The first-order valence-corrected chi connectivity index (χ1v) is 7.67. The van der Waals surface area contributed by atoms with Crippen molar-refractivity contribution in [2.45, 2.75) is 25.4 Å². The molecule has 0 aliphatic heterocycles. The van der Waals surface area contributed by atoms with Crippen LogP contribution < -0.4 is 5.32 Å². The SMILES string of the molecule is Clc1ccc2oc(-c3ccc(CNC4CC4)cc3)cc2c1.